The maximum absolute atomic E-state index is 5.60. The van der Waals surface area contributed by atoms with Crippen LogP contribution in [0.1, 0.15) is 32.0 Å². The van der Waals surface area contributed by atoms with Crippen LogP contribution in [0.15, 0.2) is 16.7 Å². The van der Waals surface area contributed by atoms with Gasteiger partial charge in [0.25, 0.3) is 0 Å². The lowest BCUT2D eigenvalue weighted by atomic mass is 10.2. The Morgan fingerprint density at radius 2 is 2.22 bits per heavy atom. The fourth-order valence-corrected chi connectivity index (χ4v) is 2.36. The highest BCUT2D eigenvalue weighted by atomic mass is 79.9. The molecule has 18 heavy (non-hydrogen) atoms. The zero-order valence-electron chi connectivity index (χ0n) is 10.7. The minimum Gasteiger partial charge on any atom is -0.330 e. The number of nitrogens with zero attached hydrogens (tertiary/aromatic N) is 3. The summed E-state index contributed by atoms with van der Waals surface area (Å²) in [6.45, 7) is 3.80. The number of hydrogen-bond donors (Lipinski definition) is 1. The number of imidazole rings is 1. The van der Waals surface area contributed by atoms with E-state index in [9.17, 15) is 0 Å². The third kappa shape index (κ3) is 2.90. The summed E-state index contributed by atoms with van der Waals surface area (Å²) in [6, 6.07) is 2.02. The number of nitrogens with two attached hydrogens (primary N) is 1. The number of aryl methyl sites for hydroxylation is 2. The molecule has 0 aliphatic carbocycles. The van der Waals surface area contributed by atoms with E-state index in [1.165, 1.54) is 6.42 Å². The first kappa shape index (κ1) is 13.5. The van der Waals surface area contributed by atoms with E-state index < -0.39 is 0 Å². The molecule has 2 N–H and O–H groups in total. The van der Waals surface area contributed by atoms with Crippen molar-refractivity contribution in [1.29, 1.82) is 0 Å². The fraction of sp³-hybridized carbons (Fsp3) is 0.538. The fourth-order valence-electron chi connectivity index (χ4n) is 2.04. The van der Waals surface area contributed by atoms with Crippen molar-refractivity contribution in [3.63, 3.8) is 0 Å². The number of fused-ring (bicyclic) bond motifs is 1. The van der Waals surface area contributed by atoms with Crippen LogP contribution in [0.2, 0.25) is 0 Å². The van der Waals surface area contributed by atoms with Crippen LogP contribution in [0.5, 0.6) is 0 Å². The SMILES string of the molecule is CCCCc1nc2cc(Br)cnc2n1CCCN. The molecule has 0 saturated heterocycles. The van der Waals surface area contributed by atoms with E-state index in [4.69, 9.17) is 10.7 Å². The molecule has 5 heteroatoms. The molecule has 0 unspecified atom stereocenters. The molecule has 2 rings (SSSR count). The molecule has 0 aromatic carbocycles. The predicted molar refractivity (Wildman–Crippen MR) is 77.5 cm³/mol. The second kappa shape index (κ2) is 6.29. The number of pyridine rings is 1. The first-order valence-corrected chi connectivity index (χ1v) is 7.26. The molecule has 0 radical (unpaired) electrons. The Balaban J connectivity index is 2.39. The van der Waals surface area contributed by atoms with Gasteiger partial charge in [0.15, 0.2) is 5.65 Å². The van der Waals surface area contributed by atoms with E-state index in [-0.39, 0.29) is 0 Å². The molecule has 98 valence electrons. The Bertz CT molecular complexity index is 521. The number of halogens is 1. The molecule has 0 spiro atoms. The van der Waals surface area contributed by atoms with Gasteiger partial charge in [-0.25, -0.2) is 9.97 Å². The first-order chi connectivity index (χ1) is 8.76. The summed E-state index contributed by atoms with van der Waals surface area (Å²) in [5, 5.41) is 0. The lowest BCUT2D eigenvalue weighted by molar-refractivity contribution is 0.613. The van der Waals surface area contributed by atoms with Crippen molar-refractivity contribution in [1.82, 2.24) is 14.5 Å². The van der Waals surface area contributed by atoms with Crippen molar-refractivity contribution >= 4 is 27.1 Å². The quantitative estimate of drug-likeness (QED) is 0.892. The Hall–Kier alpha value is -0.940. The second-order valence-corrected chi connectivity index (χ2v) is 5.34. The number of aromatic nitrogens is 3. The van der Waals surface area contributed by atoms with E-state index in [1.54, 1.807) is 0 Å². The molecule has 0 amide bonds. The normalized spacial score (nSPS) is 11.3. The van der Waals surface area contributed by atoms with Gasteiger partial charge in [-0.2, -0.15) is 0 Å². The minimum absolute atomic E-state index is 0.698. The van der Waals surface area contributed by atoms with Gasteiger partial charge in [-0.1, -0.05) is 13.3 Å². The average Bonchev–Trinajstić information content (AvgIpc) is 2.70. The lowest BCUT2D eigenvalue weighted by Gasteiger charge is -2.07. The summed E-state index contributed by atoms with van der Waals surface area (Å²) >= 11 is 3.44. The molecule has 0 bridgehead atoms. The molecular formula is C13H19BrN4. The average molecular weight is 311 g/mol. The highest BCUT2D eigenvalue weighted by Gasteiger charge is 2.11. The molecule has 0 saturated carbocycles. The third-order valence-electron chi connectivity index (χ3n) is 2.97. The van der Waals surface area contributed by atoms with Gasteiger partial charge in [0, 0.05) is 23.6 Å². The van der Waals surface area contributed by atoms with Gasteiger partial charge in [0.1, 0.15) is 11.3 Å². The molecule has 2 aromatic rings. The number of unbranched alkanes of at least 4 members (excludes halogenated alkanes) is 1. The zero-order valence-corrected chi connectivity index (χ0v) is 12.3. The maximum Gasteiger partial charge on any atom is 0.160 e. The van der Waals surface area contributed by atoms with Crippen molar-refractivity contribution < 1.29 is 0 Å². The Morgan fingerprint density at radius 1 is 1.39 bits per heavy atom. The molecule has 2 heterocycles. The lowest BCUT2D eigenvalue weighted by Crippen LogP contribution is -2.09. The number of rotatable bonds is 6. The maximum atomic E-state index is 5.60. The van der Waals surface area contributed by atoms with Gasteiger partial charge in [-0.05, 0) is 41.4 Å². The summed E-state index contributed by atoms with van der Waals surface area (Å²) in [5.41, 5.74) is 7.54. The van der Waals surface area contributed by atoms with Crippen molar-refractivity contribution in [2.45, 2.75) is 39.2 Å². The zero-order chi connectivity index (χ0) is 13.0. The van der Waals surface area contributed by atoms with Gasteiger partial charge in [-0.3, -0.25) is 0 Å². The van der Waals surface area contributed by atoms with E-state index in [0.29, 0.717) is 6.54 Å². The summed E-state index contributed by atoms with van der Waals surface area (Å²) in [7, 11) is 0. The first-order valence-electron chi connectivity index (χ1n) is 6.47. The van der Waals surface area contributed by atoms with E-state index in [1.807, 2.05) is 12.3 Å². The van der Waals surface area contributed by atoms with Gasteiger partial charge in [0.05, 0.1) is 0 Å². The summed E-state index contributed by atoms with van der Waals surface area (Å²) < 4.78 is 3.19. The van der Waals surface area contributed by atoms with Crippen LogP contribution < -0.4 is 5.73 Å². The monoisotopic (exact) mass is 310 g/mol. The van der Waals surface area contributed by atoms with Crippen LogP contribution >= 0.6 is 15.9 Å². The van der Waals surface area contributed by atoms with Gasteiger partial charge in [-0.15, -0.1) is 0 Å². The highest BCUT2D eigenvalue weighted by Crippen LogP contribution is 2.19. The van der Waals surface area contributed by atoms with Crippen molar-refractivity contribution in [3.8, 4) is 0 Å². The van der Waals surface area contributed by atoms with Crippen LogP contribution in [0.25, 0.3) is 11.2 Å². The Morgan fingerprint density at radius 3 is 2.94 bits per heavy atom. The molecule has 0 aliphatic heterocycles. The summed E-state index contributed by atoms with van der Waals surface area (Å²) in [4.78, 5) is 9.17. The summed E-state index contributed by atoms with van der Waals surface area (Å²) in [6.07, 6.45) is 6.13. The largest absolute Gasteiger partial charge is 0.330 e. The van der Waals surface area contributed by atoms with Crippen LogP contribution in [-0.2, 0) is 13.0 Å². The molecule has 2 aromatic heterocycles. The van der Waals surface area contributed by atoms with E-state index in [2.05, 4.69) is 32.4 Å². The second-order valence-electron chi connectivity index (χ2n) is 4.42. The Labute approximate surface area is 116 Å². The smallest absolute Gasteiger partial charge is 0.160 e. The number of hydrogen-bond acceptors (Lipinski definition) is 3. The van der Waals surface area contributed by atoms with Crippen molar-refractivity contribution in [3.05, 3.63) is 22.6 Å². The minimum atomic E-state index is 0.698. The van der Waals surface area contributed by atoms with Crippen LogP contribution in [-0.4, -0.2) is 21.1 Å². The standard InChI is InChI=1S/C13H19BrN4/c1-2-3-5-12-17-11-8-10(14)9-16-13(11)18(12)7-4-6-15/h8-9H,2-7,15H2,1H3. The van der Waals surface area contributed by atoms with Crippen molar-refractivity contribution in [2.75, 3.05) is 6.54 Å². The highest BCUT2D eigenvalue weighted by molar-refractivity contribution is 9.10. The molecule has 0 atom stereocenters. The van der Waals surface area contributed by atoms with Gasteiger partial charge >= 0.3 is 0 Å². The van der Waals surface area contributed by atoms with E-state index >= 15 is 0 Å². The molecule has 0 fully saturated rings. The third-order valence-corrected chi connectivity index (χ3v) is 3.40. The molecule has 0 aliphatic rings. The Kier molecular flexibility index (Phi) is 4.72. The summed E-state index contributed by atoms with van der Waals surface area (Å²) in [5.74, 6) is 1.13. The molecule has 4 nitrogen and oxygen atoms in total. The van der Waals surface area contributed by atoms with Crippen LogP contribution in [0, 0.1) is 0 Å². The topological polar surface area (TPSA) is 56.7 Å². The molecular weight excluding hydrogens is 292 g/mol. The van der Waals surface area contributed by atoms with Crippen LogP contribution in [0.3, 0.4) is 0 Å². The van der Waals surface area contributed by atoms with E-state index in [0.717, 1.165) is 47.3 Å². The van der Waals surface area contributed by atoms with Crippen molar-refractivity contribution in [2.24, 2.45) is 5.73 Å². The van der Waals surface area contributed by atoms with Gasteiger partial charge in [0.2, 0.25) is 0 Å². The van der Waals surface area contributed by atoms with Gasteiger partial charge < -0.3 is 10.3 Å². The van der Waals surface area contributed by atoms with Crippen LogP contribution in [0.4, 0.5) is 0 Å². The predicted octanol–water partition coefficient (Wildman–Crippen LogP) is 2.89.